The highest BCUT2D eigenvalue weighted by molar-refractivity contribution is 6.51. The topological polar surface area (TPSA) is 76.1 Å². The smallest absolute Gasteiger partial charge is 0.300 e. The summed E-state index contributed by atoms with van der Waals surface area (Å²) in [7, 11) is 2.85. The van der Waals surface area contributed by atoms with Crippen LogP contribution >= 0.6 is 0 Å². The number of halogens is 1. The van der Waals surface area contributed by atoms with Gasteiger partial charge in [0.05, 0.1) is 25.8 Å². The van der Waals surface area contributed by atoms with Gasteiger partial charge in [0.25, 0.3) is 11.7 Å². The quantitative estimate of drug-likeness (QED) is 0.346. The molecule has 0 bridgehead atoms. The van der Waals surface area contributed by atoms with E-state index in [0.717, 1.165) is 5.56 Å². The van der Waals surface area contributed by atoms with Crippen LogP contribution in [0.2, 0.25) is 0 Å². The van der Waals surface area contributed by atoms with E-state index in [2.05, 4.69) is 0 Å². The van der Waals surface area contributed by atoms with Gasteiger partial charge < -0.3 is 14.6 Å². The summed E-state index contributed by atoms with van der Waals surface area (Å²) in [5.41, 5.74) is 1.76. The van der Waals surface area contributed by atoms with Gasteiger partial charge in [0.15, 0.2) is 0 Å². The summed E-state index contributed by atoms with van der Waals surface area (Å²) >= 11 is 0. The average Bonchev–Trinajstić information content (AvgIpc) is 3.09. The van der Waals surface area contributed by atoms with Gasteiger partial charge in [-0.3, -0.25) is 14.5 Å². The normalized spacial score (nSPS) is 17.3. The van der Waals surface area contributed by atoms with E-state index < -0.39 is 29.3 Å². The Morgan fingerprint density at radius 1 is 0.909 bits per heavy atom. The molecule has 1 aliphatic rings. The first-order chi connectivity index (χ1) is 15.9. The predicted octanol–water partition coefficient (Wildman–Crippen LogP) is 4.78. The number of nitrogens with zero attached hydrogens (tertiary/aromatic N) is 1. The van der Waals surface area contributed by atoms with Crippen molar-refractivity contribution in [2.24, 2.45) is 0 Å². The number of hydrogen-bond donors (Lipinski definition) is 1. The van der Waals surface area contributed by atoms with E-state index in [1.807, 2.05) is 19.1 Å². The maximum absolute atomic E-state index is 13.7. The van der Waals surface area contributed by atoms with Crippen LogP contribution in [0.5, 0.6) is 11.5 Å². The lowest BCUT2D eigenvalue weighted by atomic mass is 9.94. The summed E-state index contributed by atoms with van der Waals surface area (Å²) in [6.07, 6.45) is 0. The number of benzene rings is 3. The first kappa shape index (κ1) is 22.1. The van der Waals surface area contributed by atoms with Crippen molar-refractivity contribution in [1.82, 2.24) is 0 Å². The molecule has 1 N–H and O–H groups in total. The second kappa shape index (κ2) is 8.78. The van der Waals surface area contributed by atoms with Crippen LogP contribution in [0, 0.1) is 12.7 Å². The molecule has 1 heterocycles. The molecule has 4 rings (SSSR count). The van der Waals surface area contributed by atoms with Gasteiger partial charge in [-0.2, -0.15) is 0 Å². The molecular formula is C26H22FNO5. The summed E-state index contributed by atoms with van der Waals surface area (Å²) in [4.78, 5) is 27.9. The molecule has 0 aliphatic carbocycles. The monoisotopic (exact) mass is 447 g/mol. The lowest BCUT2D eigenvalue weighted by Gasteiger charge is -2.27. The molecule has 1 aliphatic heterocycles. The number of Topliss-reactive ketones (excluding diaryl/α,β-unsaturated/α-hetero) is 1. The first-order valence-corrected chi connectivity index (χ1v) is 10.2. The Hall–Kier alpha value is -4.13. The summed E-state index contributed by atoms with van der Waals surface area (Å²) in [5, 5.41) is 11.4. The molecule has 3 aromatic rings. The number of para-hydroxylation sites is 1. The highest BCUT2D eigenvalue weighted by Gasteiger charge is 2.47. The van der Waals surface area contributed by atoms with E-state index in [4.69, 9.17) is 9.47 Å². The molecule has 33 heavy (non-hydrogen) atoms. The number of aliphatic hydroxyl groups excluding tert-OH is 1. The molecule has 1 saturated heterocycles. The third-order valence-electron chi connectivity index (χ3n) is 5.67. The molecule has 0 spiro atoms. The summed E-state index contributed by atoms with van der Waals surface area (Å²) in [6, 6.07) is 16.5. The Balaban J connectivity index is 2.03. The van der Waals surface area contributed by atoms with Crippen molar-refractivity contribution in [3.8, 4) is 11.5 Å². The van der Waals surface area contributed by atoms with Gasteiger partial charge in [0.2, 0.25) is 0 Å². The van der Waals surface area contributed by atoms with Crippen LogP contribution in [-0.2, 0) is 9.59 Å². The molecule has 1 fully saturated rings. The van der Waals surface area contributed by atoms with Gasteiger partial charge >= 0.3 is 0 Å². The number of hydrogen-bond acceptors (Lipinski definition) is 5. The summed E-state index contributed by atoms with van der Waals surface area (Å²) < 4.78 is 24.5. The van der Waals surface area contributed by atoms with Gasteiger partial charge in [-0.1, -0.05) is 36.4 Å². The van der Waals surface area contributed by atoms with Crippen LogP contribution in [0.4, 0.5) is 10.1 Å². The van der Waals surface area contributed by atoms with Crippen molar-refractivity contribution in [2.45, 2.75) is 13.0 Å². The van der Waals surface area contributed by atoms with Crippen molar-refractivity contribution >= 4 is 23.1 Å². The van der Waals surface area contributed by atoms with Gasteiger partial charge in [-0.25, -0.2) is 4.39 Å². The fourth-order valence-corrected chi connectivity index (χ4v) is 4.09. The highest BCUT2D eigenvalue weighted by atomic mass is 19.1. The second-order valence-electron chi connectivity index (χ2n) is 7.54. The minimum Gasteiger partial charge on any atom is -0.506 e. The van der Waals surface area contributed by atoms with E-state index in [1.165, 1.54) is 43.4 Å². The molecule has 1 amide bonds. The zero-order valence-corrected chi connectivity index (χ0v) is 18.3. The zero-order valence-electron chi connectivity index (χ0n) is 18.3. The number of ether oxygens (including phenoxy) is 2. The number of carbonyl (C=O) groups excluding carboxylic acids is 2. The van der Waals surface area contributed by atoms with E-state index in [9.17, 15) is 19.1 Å². The van der Waals surface area contributed by atoms with Crippen molar-refractivity contribution in [3.63, 3.8) is 0 Å². The second-order valence-corrected chi connectivity index (χ2v) is 7.54. The predicted molar refractivity (Wildman–Crippen MR) is 122 cm³/mol. The van der Waals surface area contributed by atoms with Crippen LogP contribution in [-0.4, -0.2) is 31.0 Å². The Morgan fingerprint density at radius 3 is 2.09 bits per heavy atom. The third-order valence-corrected chi connectivity index (χ3v) is 5.67. The summed E-state index contributed by atoms with van der Waals surface area (Å²) in [5.74, 6) is -2.02. The van der Waals surface area contributed by atoms with Gasteiger partial charge in [-0.15, -0.1) is 0 Å². The number of methoxy groups -OCH3 is 2. The summed E-state index contributed by atoms with van der Waals surface area (Å²) in [6.45, 7) is 1.82. The molecule has 0 aromatic heterocycles. The van der Waals surface area contributed by atoms with Crippen LogP contribution < -0.4 is 14.4 Å². The van der Waals surface area contributed by atoms with Crippen molar-refractivity contribution in [2.75, 3.05) is 19.1 Å². The largest absolute Gasteiger partial charge is 0.506 e. The first-order valence-electron chi connectivity index (χ1n) is 10.2. The molecule has 0 saturated carbocycles. The zero-order chi connectivity index (χ0) is 23.7. The SMILES string of the molecule is COc1cccc(OC)c1/C(O)=C1\C(=O)C(=O)N(c2ccccc2C)C1c1ccc(F)cc1. The molecular weight excluding hydrogens is 425 g/mol. The number of aliphatic hydroxyl groups is 1. The number of anilines is 1. The Labute approximate surface area is 190 Å². The lowest BCUT2D eigenvalue weighted by Crippen LogP contribution is -2.30. The lowest BCUT2D eigenvalue weighted by molar-refractivity contribution is -0.132. The Kier molecular flexibility index (Phi) is 5.87. The fraction of sp³-hybridized carbons (Fsp3) is 0.154. The maximum atomic E-state index is 13.7. The van der Waals surface area contributed by atoms with Gasteiger partial charge in [-0.05, 0) is 48.4 Å². The molecule has 1 unspecified atom stereocenters. The number of carbonyl (C=O) groups is 2. The van der Waals surface area contributed by atoms with Crippen molar-refractivity contribution in [1.29, 1.82) is 0 Å². The average molecular weight is 447 g/mol. The molecule has 3 aromatic carbocycles. The Bertz CT molecular complexity index is 1240. The molecule has 168 valence electrons. The van der Waals surface area contributed by atoms with Gasteiger partial charge in [0.1, 0.15) is 28.6 Å². The number of ketones is 1. The van der Waals surface area contributed by atoms with E-state index in [-0.39, 0.29) is 22.6 Å². The van der Waals surface area contributed by atoms with Gasteiger partial charge in [0, 0.05) is 5.69 Å². The standard InChI is InChI=1S/C26H22FNO5/c1-15-7-4-5-8-18(15)28-23(16-11-13-17(27)14-12-16)22(25(30)26(28)31)24(29)21-19(32-2)9-6-10-20(21)33-3/h4-14,23,29H,1-3H3/b24-22+. The van der Waals surface area contributed by atoms with Crippen LogP contribution in [0.1, 0.15) is 22.7 Å². The van der Waals surface area contributed by atoms with Crippen LogP contribution in [0.15, 0.2) is 72.3 Å². The highest BCUT2D eigenvalue weighted by Crippen LogP contribution is 2.45. The van der Waals surface area contributed by atoms with E-state index in [1.54, 1.807) is 30.3 Å². The van der Waals surface area contributed by atoms with Crippen molar-refractivity contribution < 1.29 is 28.6 Å². The maximum Gasteiger partial charge on any atom is 0.300 e. The molecule has 6 nitrogen and oxygen atoms in total. The fourth-order valence-electron chi connectivity index (χ4n) is 4.09. The number of aryl methyl sites for hydroxylation is 1. The third kappa shape index (κ3) is 3.71. The molecule has 7 heteroatoms. The van der Waals surface area contributed by atoms with E-state index in [0.29, 0.717) is 11.3 Å². The van der Waals surface area contributed by atoms with Crippen molar-refractivity contribution in [3.05, 3.63) is 94.8 Å². The minimum absolute atomic E-state index is 0.141. The van der Waals surface area contributed by atoms with E-state index >= 15 is 0 Å². The molecule has 1 atom stereocenters. The minimum atomic E-state index is -0.985. The Morgan fingerprint density at radius 2 is 1.52 bits per heavy atom. The number of rotatable bonds is 5. The van der Waals surface area contributed by atoms with Crippen LogP contribution in [0.3, 0.4) is 0 Å². The van der Waals surface area contributed by atoms with Crippen LogP contribution in [0.25, 0.3) is 5.76 Å². The number of amides is 1. The molecule has 0 radical (unpaired) electrons.